The van der Waals surface area contributed by atoms with Gasteiger partial charge in [0, 0.05) is 5.56 Å². The summed E-state index contributed by atoms with van der Waals surface area (Å²) < 4.78 is 1.52. The lowest BCUT2D eigenvalue weighted by atomic mass is 10.1. The van der Waals surface area contributed by atoms with E-state index in [1.54, 1.807) is 42.5 Å². The van der Waals surface area contributed by atoms with Crippen LogP contribution in [0.3, 0.4) is 0 Å². The van der Waals surface area contributed by atoms with Gasteiger partial charge in [-0.25, -0.2) is 10.4 Å². The second-order valence-corrected chi connectivity index (χ2v) is 8.76. The molecule has 0 saturated carbocycles. The molecule has 0 aliphatic rings. The number of para-hydroxylation sites is 2. The van der Waals surface area contributed by atoms with Gasteiger partial charge >= 0.3 is 0 Å². The van der Waals surface area contributed by atoms with Gasteiger partial charge in [-0.2, -0.15) is 5.10 Å². The average Bonchev–Trinajstić information content (AvgIpc) is 2.86. The lowest BCUT2D eigenvalue weighted by Gasteiger charge is -2.13. The molecule has 0 radical (unpaired) electrons. The predicted octanol–water partition coefficient (Wildman–Crippen LogP) is 4.37. The van der Waals surface area contributed by atoms with Gasteiger partial charge in [-0.3, -0.25) is 14.2 Å². The van der Waals surface area contributed by atoms with Gasteiger partial charge in [-0.1, -0.05) is 59.8 Å². The quantitative estimate of drug-likeness (QED) is 0.127. The SMILES string of the molecule is C=CCc1cccc(/C=N\NC(=O)CSc2nc3ccccc3c(=O)n2-c2ccc(C)cc2)c1O. The molecule has 1 heterocycles. The maximum absolute atomic E-state index is 13.3. The smallest absolute Gasteiger partial charge is 0.266 e. The summed E-state index contributed by atoms with van der Waals surface area (Å²) in [4.78, 5) is 30.4. The van der Waals surface area contributed by atoms with Crippen LogP contribution in [0.1, 0.15) is 16.7 Å². The third kappa shape index (κ3) is 5.50. The van der Waals surface area contributed by atoms with Gasteiger partial charge in [-0.05, 0) is 49.2 Å². The molecule has 3 aromatic carbocycles. The van der Waals surface area contributed by atoms with Crippen molar-refractivity contribution in [1.29, 1.82) is 0 Å². The number of hydrogen-bond donors (Lipinski definition) is 2. The number of amides is 1. The summed E-state index contributed by atoms with van der Waals surface area (Å²) in [5, 5.41) is 15.2. The Morgan fingerprint density at radius 3 is 2.69 bits per heavy atom. The molecular weight excluding hydrogens is 460 g/mol. The number of rotatable bonds is 8. The topological polar surface area (TPSA) is 96.6 Å². The van der Waals surface area contributed by atoms with Crippen LogP contribution in [-0.2, 0) is 11.2 Å². The minimum Gasteiger partial charge on any atom is -0.507 e. The number of thioether (sulfide) groups is 1. The van der Waals surface area contributed by atoms with E-state index in [9.17, 15) is 14.7 Å². The van der Waals surface area contributed by atoms with E-state index in [4.69, 9.17) is 0 Å². The Kier molecular flexibility index (Phi) is 7.42. The Morgan fingerprint density at radius 2 is 1.91 bits per heavy atom. The van der Waals surface area contributed by atoms with E-state index < -0.39 is 0 Å². The summed E-state index contributed by atoms with van der Waals surface area (Å²) in [5.74, 6) is -0.274. The maximum Gasteiger partial charge on any atom is 0.266 e. The van der Waals surface area contributed by atoms with E-state index in [1.807, 2.05) is 37.3 Å². The Labute approximate surface area is 206 Å². The van der Waals surface area contributed by atoms with Gasteiger partial charge < -0.3 is 5.11 Å². The monoisotopic (exact) mass is 484 g/mol. The van der Waals surface area contributed by atoms with Crippen molar-refractivity contribution >= 4 is 34.8 Å². The number of aryl methyl sites for hydroxylation is 1. The zero-order valence-corrected chi connectivity index (χ0v) is 20.0. The number of carbonyl (C=O) groups excluding carboxylic acids is 1. The molecule has 4 aromatic rings. The van der Waals surface area contributed by atoms with Crippen LogP contribution >= 0.6 is 11.8 Å². The molecule has 1 aromatic heterocycles. The largest absolute Gasteiger partial charge is 0.507 e. The third-order valence-electron chi connectivity index (χ3n) is 5.28. The van der Waals surface area contributed by atoms with Crippen LogP contribution in [0.2, 0.25) is 0 Å². The maximum atomic E-state index is 13.3. The fraction of sp³-hybridized carbons (Fsp3) is 0.111. The molecule has 8 heteroatoms. The molecule has 35 heavy (non-hydrogen) atoms. The summed E-state index contributed by atoms with van der Waals surface area (Å²) in [7, 11) is 0. The first kappa shape index (κ1) is 24.0. The second-order valence-electron chi connectivity index (χ2n) is 7.82. The predicted molar refractivity (Wildman–Crippen MR) is 141 cm³/mol. The highest BCUT2D eigenvalue weighted by molar-refractivity contribution is 7.99. The first-order chi connectivity index (χ1) is 17.0. The number of benzene rings is 3. The van der Waals surface area contributed by atoms with Gasteiger partial charge in [-0.15, -0.1) is 6.58 Å². The zero-order valence-electron chi connectivity index (χ0n) is 19.1. The molecule has 0 unspecified atom stereocenters. The highest BCUT2D eigenvalue weighted by Crippen LogP contribution is 2.23. The van der Waals surface area contributed by atoms with E-state index in [0.29, 0.717) is 33.7 Å². The molecule has 0 spiro atoms. The van der Waals surface area contributed by atoms with Crippen molar-refractivity contribution in [2.75, 3.05) is 5.75 Å². The van der Waals surface area contributed by atoms with Gasteiger partial charge in [0.25, 0.3) is 11.5 Å². The Morgan fingerprint density at radius 1 is 1.14 bits per heavy atom. The molecule has 2 N–H and O–H groups in total. The number of phenols is 1. The number of allylic oxidation sites excluding steroid dienone is 1. The van der Waals surface area contributed by atoms with Gasteiger partial charge in [0.1, 0.15) is 5.75 Å². The summed E-state index contributed by atoms with van der Waals surface area (Å²) in [6.45, 7) is 5.65. The number of nitrogens with zero attached hydrogens (tertiary/aromatic N) is 3. The number of nitrogens with one attached hydrogen (secondary N) is 1. The van der Waals surface area contributed by atoms with Crippen LogP contribution in [0.4, 0.5) is 0 Å². The Hall–Kier alpha value is -4.17. The third-order valence-corrected chi connectivity index (χ3v) is 6.22. The van der Waals surface area contributed by atoms with Crippen molar-refractivity contribution < 1.29 is 9.90 Å². The van der Waals surface area contributed by atoms with Crippen molar-refractivity contribution in [3.63, 3.8) is 0 Å². The average molecular weight is 485 g/mol. The van der Waals surface area contributed by atoms with Crippen LogP contribution in [0, 0.1) is 6.92 Å². The lowest BCUT2D eigenvalue weighted by Crippen LogP contribution is -2.24. The van der Waals surface area contributed by atoms with Gasteiger partial charge in [0.05, 0.1) is 28.6 Å². The molecule has 176 valence electrons. The first-order valence-corrected chi connectivity index (χ1v) is 11.9. The molecule has 0 atom stereocenters. The van der Waals surface area contributed by atoms with E-state index in [2.05, 4.69) is 22.1 Å². The fourth-order valence-electron chi connectivity index (χ4n) is 3.50. The highest BCUT2D eigenvalue weighted by Gasteiger charge is 2.14. The van der Waals surface area contributed by atoms with E-state index in [-0.39, 0.29) is 23.0 Å². The van der Waals surface area contributed by atoms with Crippen molar-refractivity contribution in [2.24, 2.45) is 5.10 Å². The minimum absolute atomic E-state index is 0.00350. The molecule has 0 fully saturated rings. The second kappa shape index (κ2) is 10.8. The van der Waals surface area contributed by atoms with Crippen LogP contribution in [0.5, 0.6) is 5.75 Å². The van der Waals surface area contributed by atoms with Crippen LogP contribution in [-0.4, -0.2) is 32.5 Å². The van der Waals surface area contributed by atoms with Crippen molar-refractivity contribution in [1.82, 2.24) is 15.0 Å². The number of carbonyl (C=O) groups is 1. The summed E-state index contributed by atoms with van der Waals surface area (Å²) in [6, 6.07) is 20.0. The number of phenolic OH excluding ortho intramolecular Hbond substituents is 1. The number of aromatic nitrogens is 2. The molecule has 4 rings (SSSR count). The summed E-state index contributed by atoms with van der Waals surface area (Å²) >= 11 is 1.15. The number of hydrazone groups is 1. The van der Waals surface area contributed by atoms with E-state index in [1.165, 1.54) is 10.8 Å². The van der Waals surface area contributed by atoms with Gasteiger partial charge in [0.15, 0.2) is 5.16 Å². The Bertz CT molecular complexity index is 1480. The van der Waals surface area contributed by atoms with Crippen LogP contribution in [0.15, 0.2) is 94.4 Å². The normalized spacial score (nSPS) is 11.1. The molecular formula is C27H24N4O3S. The molecule has 0 bridgehead atoms. The molecule has 7 nitrogen and oxygen atoms in total. The van der Waals surface area contributed by atoms with Gasteiger partial charge in [0.2, 0.25) is 0 Å². The summed E-state index contributed by atoms with van der Waals surface area (Å²) in [6.07, 6.45) is 3.62. The highest BCUT2D eigenvalue weighted by atomic mass is 32.2. The van der Waals surface area contributed by atoms with Crippen LogP contribution < -0.4 is 11.0 Å². The number of hydrogen-bond acceptors (Lipinski definition) is 6. The Balaban J connectivity index is 1.53. The lowest BCUT2D eigenvalue weighted by molar-refractivity contribution is -0.118. The molecule has 0 aliphatic heterocycles. The standard InChI is InChI=1S/C27H24N4O3S/c1-3-7-19-8-6-9-20(25(19)33)16-28-30-24(32)17-35-27-29-23-11-5-4-10-22(23)26(34)31(27)21-14-12-18(2)13-15-21/h3-6,8-16,33H,1,7,17H2,2H3,(H,30,32)/b28-16-. The fourth-order valence-corrected chi connectivity index (χ4v) is 4.31. The minimum atomic E-state index is -0.370. The zero-order chi connectivity index (χ0) is 24.8. The van der Waals surface area contributed by atoms with Crippen molar-refractivity contribution in [3.8, 4) is 11.4 Å². The van der Waals surface area contributed by atoms with Crippen molar-refractivity contribution in [3.05, 3.63) is 106 Å². The van der Waals surface area contributed by atoms with Crippen molar-refractivity contribution in [2.45, 2.75) is 18.5 Å². The molecule has 0 aliphatic carbocycles. The van der Waals surface area contributed by atoms with Crippen LogP contribution in [0.25, 0.3) is 16.6 Å². The number of aromatic hydroxyl groups is 1. The molecule has 0 saturated heterocycles. The first-order valence-electron chi connectivity index (χ1n) is 10.9. The van der Waals surface area contributed by atoms with E-state index in [0.717, 1.165) is 22.9 Å². The number of fused-ring (bicyclic) bond motifs is 1. The van der Waals surface area contributed by atoms with E-state index >= 15 is 0 Å². The summed E-state index contributed by atoms with van der Waals surface area (Å²) in [5.41, 5.74) is 5.79. The molecule has 1 amide bonds.